The number of carbonyl (C=O) groups excluding carboxylic acids is 1. The third kappa shape index (κ3) is 4.70. The summed E-state index contributed by atoms with van der Waals surface area (Å²) in [6.45, 7) is 1.52. The van der Waals surface area contributed by atoms with E-state index in [9.17, 15) is 9.18 Å². The Balaban J connectivity index is 1.98. The highest BCUT2D eigenvalue weighted by Crippen LogP contribution is 2.27. The van der Waals surface area contributed by atoms with Crippen molar-refractivity contribution in [2.45, 2.75) is 13.0 Å². The van der Waals surface area contributed by atoms with Crippen molar-refractivity contribution >= 4 is 29.4 Å². The molecule has 0 unspecified atom stereocenters. The third-order valence-electron chi connectivity index (χ3n) is 3.10. The third-order valence-corrected chi connectivity index (χ3v) is 3.34. The molecule has 24 heavy (non-hydrogen) atoms. The Kier molecular flexibility index (Phi) is 6.14. The molecule has 1 amide bonds. The molecule has 0 aromatic heterocycles. The van der Waals surface area contributed by atoms with Gasteiger partial charge in [-0.3, -0.25) is 4.79 Å². The number of hydrogen-bond acceptors (Lipinski definition) is 4. The quantitative estimate of drug-likeness (QED) is 0.635. The summed E-state index contributed by atoms with van der Waals surface area (Å²) in [7, 11) is 1.48. The lowest BCUT2D eigenvalue weighted by molar-refractivity contribution is -0.126. The van der Waals surface area contributed by atoms with Crippen molar-refractivity contribution in [1.29, 1.82) is 0 Å². The van der Waals surface area contributed by atoms with E-state index in [1.54, 1.807) is 36.4 Å². The van der Waals surface area contributed by atoms with E-state index in [1.807, 2.05) is 0 Å². The number of rotatable bonds is 6. The fourth-order valence-corrected chi connectivity index (χ4v) is 1.99. The fraction of sp³-hybridized carbons (Fsp3) is 0.176. The van der Waals surface area contributed by atoms with E-state index in [0.717, 1.165) is 0 Å². The van der Waals surface area contributed by atoms with Crippen molar-refractivity contribution in [2.24, 2.45) is 5.16 Å². The maximum absolute atomic E-state index is 13.4. The van der Waals surface area contributed by atoms with E-state index < -0.39 is 17.8 Å². The van der Waals surface area contributed by atoms with Crippen LogP contribution in [0.15, 0.2) is 47.6 Å². The molecule has 0 spiro atoms. The minimum atomic E-state index is -0.892. The maximum Gasteiger partial charge on any atom is 0.268 e. The Labute approximate surface area is 144 Å². The molecule has 0 aliphatic carbocycles. The number of nitrogens with one attached hydrogen (secondary N) is 1. The van der Waals surface area contributed by atoms with Gasteiger partial charge >= 0.3 is 0 Å². The van der Waals surface area contributed by atoms with Crippen molar-refractivity contribution in [3.05, 3.63) is 58.9 Å². The van der Waals surface area contributed by atoms with Gasteiger partial charge in [0, 0.05) is 10.6 Å². The van der Waals surface area contributed by atoms with Crippen LogP contribution >= 0.6 is 11.6 Å². The summed E-state index contributed by atoms with van der Waals surface area (Å²) in [5.74, 6) is -0.401. The minimum Gasteiger partial charge on any atom is -0.495 e. The van der Waals surface area contributed by atoms with Crippen LogP contribution in [0.1, 0.15) is 12.5 Å². The van der Waals surface area contributed by atoms with Crippen LogP contribution < -0.4 is 10.1 Å². The predicted octanol–water partition coefficient (Wildman–Crippen LogP) is 3.87. The van der Waals surface area contributed by atoms with Crippen molar-refractivity contribution in [3.8, 4) is 5.75 Å². The Morgan fingerprint density at radius 3 is 2.79 bits per heavy atom. The molecule has 0 bridgehead atoms. The predicted molar refractivity (Wildman–Crippen MR) is 91.2 cm³/mol. The summed E-state index contributed by atoms with van der Waals surface area (Å²) >= 11 is 5.91. The molecule has 2 aromatic carbocycles. The standard InChI is InChI=1S/C17H16ClFN2O3/c1-11(24-20-10-12-5-3-4-6-14(12)19)17(22)21-15-9-13(18)7-8-16(15)23-2/h3-11H,1-2H3,(H,21,22)/b20-10-/t11-/m1/s1. The van der Waals surface area contributed by atoms with Crippen LogP contribution in [0.2, 0.25) is 5.02 Å². The molecule has 0 radical (unpaired) electrons. The monoisotopic (exact) mass is 350 g/mol. The first kappa shape index (κ1) is 17.7. The molecule has 1 N–H and O–H groups in total. The Bertz CT molecular complexity index is 752. The molecule has 2 aromatic rings. The first-order valence-corrected chi connectivity index (χ1v) is 7.47. The molecule has 0 saturated carbocycles. The van der Waals surface area contributed by atoms with E-state index in [-0.39, 0.29) is 5.56 Å². The van der Waals surface area contributed by atoms with Gasteiger partial charge in [-0.05, 0) is 31.2 Å². The van der Waals surface area contributed by atoms with Crippen LogP contribution in [0.25, 0.3) is 0 Å². The summed E-state index contributed by atoms with van der Waals surface area (Å²) in [4.78, 5) is 17.2. The van der Waals surface area contributed by atoms with Crippen molar-refractivity contribution in [3.63, 3.8) is 0 Å². The first-order valence-electron chi connectivity index (χ1n) is 7.09. The van der Waals surface area contributed by atoms with Gasteiger partial charge < -0.3 is 14.9 Å². The van der Waals surface area contributed by atoms with E-state index in [1.165, 1.54) is 26.3 Å². The van der Waals surface area contributed by atoms with Crippen molar-refractivity contribution in [2.75, 3.05) is 12.4 Å². The minimum absolute atomic E-state index is 0.265. The average Bonchev–Trinajstić information content (AvgIpc) is 2.56. The molecular weight excluding hydrogens is 335 g/mol. The highest BCUT2D eigenvalue weighted by molar-refractivity contribution is 6.31. The molecule has 0 aliphatic rings. The number of hydrogen-bond donors (Lipinski definition) is 1. The largest absolute Gasteiger partial charge is 0.495 e. The Morgan fingerprint density at radius 1 is 1.33 bits per heavy atom. The molecule has 0 heterocycles. The van der Waals surface area contributed by atoms with Crippen LogP contribution in [-0.2, 0) is 9.63 Å². The van der Waals surface area contributed by atoms with E-state index in [0.29, 0.717) is 16.5 Å². The lowest BCUT2D eigenvalue weighted by Crippen LogP contribution is -2.26. The summed E-state index contributed by atoms with van der Waals surface area (Å²) in [6.07, 6.45) is 0.315. The molecule has 2 rings (SSSR count). The van der Waals surface area contributed by atoms with Gasteiger partial charge in [-0.2, -0.15) is 0 Å². The second-order valence-electron chi connectivity index (χ2n) is 4.84. The van der Waals surface area contributed by atoms with Gasteiger partial charge in [-0.15, -0.1) is 0 Å². The van der Waals surface area contributed by atoms with Gasteiger partial charge in [-0.25, -0.2) is 4.39 Å². The highest BCUT2D eigenvalue weighted by atomic mass is 35.5. The number of halogens is 2. The topological polar surface area (TPSA) is 59.9 Å². The number of benzene rings is 2. The van der Waals surface area contributed by atoms with Crippen LogP contribution in [0, 0.1) is 5.82 Å². The zero-order valence-corrected chi connectivity index (χ0v) is 13.9. The number of amides is 1. The van der Waals surface area contributed by atoms with E-state index in [2.05, 4.69) is 10.5 Å². The number of oxime groups is 1. The number of carbonyl (C=O) groups is 1. The molecule has 0 saturated heterocycles. The second-order valence-corrected chi connectivity index (χ2v) is 5.27. The number of nitrogens with zero attached hydrogens (tertiary/aromatic N) is 1. The Morgan fingerprint density at radius 2 is 2.08 bits per heavy atom. The van der Waals surface area contributed by atoms with Gasteiger partial charge in [0.05, 0.1) is 19.0 Å². The molecule has 126 valence electrons. The summed E-state index contributed by atoms with van der Waals surface area (Å²) in [5, 5.41) is 6.74. The molecular formula is C17H16ClFN2O3. The zero-order chi connectivity index (χ0) is 17.5. The smallest absolute Gasteiger partial charge is 0.268 e. The molecule has 0 aliphatic heterocycles. The van der Waals surface area contributed by atoms with Crippen molar-refractivity contribution in [1.82, 2.24) is 0 Å². The maximum atomic E-state index is 13.4. The zero-order valence-electron chi connectivity index (χ0n) is 13.1. The molecule has 5 nitrogen and oxygen atoms in total. The summed E-state index contributed by atoms with van der Waals surface area (Å²) < 4.78 is 18.6. The average molecular weight is 351 g/mol. The van der Waals surface area contributed by atoms with Gasteiger partial charge in [0.15, 0.2) is 0 Å². The number of methoxy groups -OCH3 is 1. The van der Waals surface area contributed by atoms with Crippen LogP contribution in [-0.4, -0.2) is 25.3 Å². The fourth-order valence-electron chi connectivity index (χ4n) is 1.82. The lowest BCUT2D eigenvalue weighted by atomic mass is 10.2. The molecule has 1 atom stereocenters. The van der Waals surface area contributed by atoms with Gasteiger partial charge in [-0.1, -0.05) is 35.0 Å². The molecule has 7 heteroatoms. The van der Waals surface area contributed by atoms with E-state index in [4.69, 9.17) is 21.2 Å². The first-order chi connectivity index (χ1) is 11.5. The lowest BCUT2D eigenvalue weighted by Gasteiger charge is -2.13. The summed E-state index contributed by atoms with van der Waals surface area (Å²) in [5.41, 5.74) is 0.685. The highest BCUT2D eigenvalue weighted by Gasteiger charge is 2.16. The van der Waals surface area contributed by atoms with Gasteiger partial charge in [0.2, 0.25) is 6.10 Å². The molecule has 0 fully saturated rings. The van der Waals surface area contributed by atoms with Crippen LogP contribution in [0.4, 0.5) is 10.1 Å². The number of anilines is 1. The normalized spacial score (nSPS) is 12.0. The van der Waals surface area contributed by atoms with Crippen molar-refractivity contribution < 1.29 is 18.8 Å². The van der Waals surface area contributed by atoms with E-state index >= 15 is 0 Å². The second kappa shape index (κ2) is 8.31. The Hall–Kier alpha value is -2.60. The van der Waals surface area contributed by atoms with Gasteiger partial charge in [0.1, 0.15) is 11.6 Å². The van der Waals surface area contributed by atoms with Crippen LogP contribution in [0.3, 0.4) is 0 Å². The van der Waals surface area contributed by atoms with Gasteiger partial charge in [0.25, 0.3) is 5.91 Å². The number of ether oxygens (including phenoxy) is 1. The SMILES string of the molecule is COc1ccc(Cl)cc1NC(=O)[C@@H](C)O/N=C\c1ccccc1F. The summed E-state index contributed by atoms with van der Waals surface area (Å²) in [6, 6.07) is 10.9. The van der Waals surface area contributed by atoms with Crippen LogP contribution in [0.5, 0.6) is 5.75 Å².